The molecule has 112 valence electrons. The minimum Gasteiger partial charge on any atom is -0.462 e. The summed E-state index contributed by atoms with van der Waals surface area (Å²) in [6.45, 7) is 4.97. The monoisotopic (exact) mass is 288 g/mol. The third-order valence-electron chi connectivity index (χ3n) is 2.38. The molecular formula is C12H17F5O2. The van der Waals surface area contributed by atoms with Crippen molar-refractivity contribution < 1.29 is 31.5 Å². The first-order chi connectivity index (χ1) is 8.58. The summed E-state index contributed by atoms with van der Waals surface area (Å²) in [4.78, 5) is 10.9. The molecule has 0 aromatic carbocycles. The van der Waals surface area contributed by atoms with Crippen LogP contribution in [0.4, 0.5) is 22.0 Å². The number of alkyl halides is 5. The second-order valence-corrected chi connectivity index (χ2v) is 4.28. The van der Waals surface area contributed by atoms with Crippen molar-refractivity contribution >= 4 is 5.97 Å². The van der Waals surface area contributed by atoms with Crippen LogP contribution in [-0.2, 0) is 9.53 Å². The molecule has 0 atom stereocenters. The highest BCUT2D eigenvalue weighted by molar-refractivity contribution is 5.86. The highest BCUT2D eigenvalue weighted by Crippen LogP contribution is 2.39. The Morgan fingerprint density at radius 2 is 1.58 bits per heavy atom. The van der Waals surface area contributed by atoms with Gasteiger partial charge in [0.2, 0.25) is 0 Å². The molecule has 0 spiro atoms. The Morgan fingerprint density at radius 3 is 2.05 bits per heavy atom. The maximum absolute atomic E-state index is 12.5. The Hall–Kier alpha value is -1.14. The van der Waals surface area contributed by atoms with E-state index < -0.39 is 24.5 Å². The van der Waals surface area contributed by atoms with Crippen molar-refractivity contribution in [3.8, 4) is 0 Å². The number of esters is 1. The molecule has 0 saturated carbocycles. The van der Waals surface area contributed by atoms with E-state index in [4.69, 9.17) is 4.74 Å². The molecule has 0 unspecified atom stereocenters. The number of ether oxygens (including phenoxy) is 1. The van der Waals surface area contributed by atoms with Crippen LogP contribution >= 0.6 is 0 Å². The van der Waals surface area contributed by atoms with Crippen LogP contribution in [0.3, 0.4) is 0 Å². The summed E-state index contributed by atoms with van der Waals surface area (Å²) in [5, 5.41) is 0. The maximum Gasteiger partial charge on any atom is 0.453 e. The molecule has 0 fully saturated rings. The van der Waals surface area contributed by atoms with Crippen molar-refractivity contribution in [1.82, 2.24) is 0 Å². The zero-order chi connectivity index (χ0) is 15.1. The average molecular weight is 288 g/mol. The van der Waals surface area contributed by atoms with Crippen molar-refractivity contribution in [1.29, 1.82) is 0 Å². The van der Waals surface area contributed by atoms with Gasteiger partial charge in [-0.1, -0.05) is 19.4 Å². The van der Waals surface area contributed by atoms with Gasteiger partial charge in [-0.05, 0) is 19.8 Å². The Morgan fingerprint density at radius 1 is 1.05 bits per heavy atom. The van der Waals surface area contributed by atoms with E-state index in [0.29, 0.717) is 12.8 Å². The molecule has 0 aromatic rings. The summed E-state index contributed by atoms with van der Waals surface area (Å²) in [6, 6.07) is 0. The number of unbranched alkanes of at least 4 members (excludes halogenated alkanes) is 3. The molecule has 0 aliphatic carbocycles. The molecule has 0 aliphatic rings. The van der Waals surface area contributed by atoms with Crippen molar-refractivity contribution in [2.24, 2.45) is 0 Å². The highest BCUT2D eigenvalue weighted by Gasteiger charge is 2.56. The van der Waals surface area contributed by atoms with Gasteiger partial charge in [-0.15, -0.1) is 0 Å². The van der Waals surface area contributed by atoms with Gasteiger partial charge < -0.3 is 4.74 Å². The highest BCUT2D eigenvalue weighted by atomic mass is 19.4. The van der Waals surface area contributed by atoms with Gasteiger partial charge >= 0.3 is 18.1 Å². The van der Waals surface area contributed by atoms with Crippen molar-refractivity contribution in [3.63, 3.8) is 0 Å². The second kappa shape index (κ2) is 7.45. The predicted molar refractivity (Wildman–Crippen MR) is 59.9 cm³/mol. The quantitative estimate of drug-likeness (QED) is 0.289. The Balaban J connectivity index is 3.62. The number of hydrogen-bond acceptors (Lipinski definition) is 2. The molecule has 0 aliphatic heterocycles. The van der Waals surface area contributed by atoms with Crippen LogP contribution in [0.1, 0.15) is 39.0 Å². The van der Waals surface area contributed by atoms with Crippen molar-refractivity contribution in [2.45, 2.75) is 51.1 Å². The van der Waals surface area contributed by atoms with Crippen LogP contribution in [0.25, 0.3) is 0 Å². The van der Waals surface area contributed by atoms with Gasteiger partial charge in [-0.2, -0.15) is 22.0 Å². The lowest BCUT2D eigenvalue weighted by molar-refractivity contribution is -0.284. The number of rotatable bonds is 8. The summed E-state index contributed by atoms with van der Waals surface area (Å²) in [6.07, 6.45) is -5.82. The minimum atomic E-state index is -5.48. The third kappa shape index (κ3) is 7.12. The number of halogens is 5. The largest absolute Gasteiger partial charge is 0.462 e. The van der Waals surface area contributed by atoms with Gasteiger partial charge in [-0.25, -0.2) is 4.79 Å². The molecular weight excluding hydrogens is 271 g/mol. The van der Waals surface area contributed by atoms with E-state index in [-0.39, 0.29) is 25.0 Å². The van der Waals surface area contributed by atoms with Gasteiger partial charge in [0.1, 0.15) is 0 Å². The van der Waals surface area contributed by atoms with E-state index in [9.17, 15) is 26.7 Å². The molecule has 19 heavy (non-hydrogen) atoms. The summed E-state index contributed by atoms with van der Waals surface area (Å²) in [5.74, 6) is -5.16. The van der Waals surface area contributed by atoms with Gasteiger partial charge in [0.05, 0.1) is 6.61 Å². The standard InChI is InChI=1S/C12H17F5O2/c1-9(2)10(18)19-8-6-4-3-5-7-11(13,14)12(15,16)17/h1,3-8H2,2H3. The second-order valence-electron chi connectivity index (χ2n) is 4.28. The van der Waals surface area contributed by atoms with Crippen LogP contribution < -0.4 is 0 Å². The Bertz CT molecular complexity index is 310. The molecule has 0 heterocycles. The van der Waals surface area contributed by atoms with Crippen molar-refractivity contribution in [3.05, 3.63) is 12.2 Å². The van der Waals surface area contributed by atoms with Crippen LogP contribution in [0.5, 0.6) is 0 Å². The fourth-order valence-corrected chi connectivity index (χ4v) is 1.23. The smallest absolute Gasteiger partial charge is 0.453 e. The average Bonchev–Trinajstić information content (AvgIpc) is 2.25. The van der Waals surface area contributed by atoms with E-state index in [0.717, 1.165) is 0 Å². The lowest BCUT2D eigenvalue weighted by atomic mass is 10.1. The zero-order valence-corrected chi connectivity index (χ0v) is 10.7. The number of carbonyl (C=O) groups excluding carboxylic acids is 1. The summed E-state index contributed by atoms with van der Waals surface area (Å²) in [7, 11) is 0. The Labute approximate surface area is 108 Å². The van der Waals surface area contributed by atoms with E-state index in [1.165, 1.54) is 6.92 Å². The van der Waals surface area contributed by atoms with Crippen LogP contribution in [0.15, 0.2) is 12.2 Å². The minimum absolute atomic E-state index is 0.112. The molecule has 0 saturated heterocycles. The maximum atomic E-state index is 12.5. The van der Waals surface area contributed by atoms with Crippen molar-refractivity contribution in [2.75, 3.05) is 6.61 Å². The van der Waals surface area contributed by atoms with Crippen LogP contribution in [0.2, 0.25) is 0 Å². The molecule has 0 amide bonds. The first kappa shape index (κ1) is 17.9. The lowest BCUT2D eigenvalue weighted by Crippen LogP contribution is -2.36. The molecule has 0 N–H and O–H groups in total. The summed E-state index contributed by atoms with van der Waals surface area (Å²) < 4.78 is 65.2. The lowest BCUT2D eigenvalue weighted by Gasteiger charge is -2.19. The van der Waals surface area contributed by atoms with E-state index in [1.54, 1.807) is 0 Å². The van der Waals surface area contributed by atoms with Crippen LogP contribution in [-0.4, -0.2) is 24.7 Å². The first-order valence-corrected chi connectivity index (χ1v) is 5.85. The molecule has 0 bridgehead atoms. The van der Waals surface area contributed by atoms with E-state index >= 15 is 0 Å². The van der Waals surface area contributed by atoms with Gasteiger partial charge in [-0.3, -0.25) is 0 Å². The molecule has 0 aromatic heterocycles. The fourth-order valence-electron chi connectivity index (χ4n) is 1.23. The zero-order valence-electron chi connectivity index (χ0n) is 10.7. The van der Waals surface area contributed by atoms with Crippen LogP contribution in [0, 0.1) is 0 Å². The molecule has 0 rings (SSSR count). The van der Waals surface area contributed by atoms with Gasteiger partial charge in [0.15, 0.2) is 0 Å². The third-order valence-corrected chi connectivity index (χ3v) is 2.38. The first-order valence-electron chi connectivity index (χ1n) is 5.85. The molecule has 7 heteroatoms. The normalized spacial score (nSPS) is 12.3. The summed E-state index contributed by atoms with van der Waals surface area (Å²) in [5.41, 5.74) is 0.254. The fraction of sp³-hybridized carbons (Fsp3) is 0.750. The van der Waals surface area contributed by atoms with E-state index in [2.05, 4.69) is 6.58 Å². The molecule has 2 nitrogen and oxygen atoms in total. The summed E-state index contributed by atoms with van der Waals surface area (Å²) >= 11 is 0. The van der Waals surface area contributed by atoms with Gasteiger partial charge in [0.25, 0.3) is 0 Å². The SMILES string of the molecule is C=C(C)C(=O)OCCCCCCC(F)(F)C(F)(F)F. The number of hydrogen-bond donors (Lipinski definition) is 0. The van der Waals surface area contributed by atoms with Gasteiger partial charge in [0, 0.05) is 12.0 Å². The molecule has 0 radical (unpaired) electrons. The topological polar surface area (TPSA) is 26.3 Å². The Kier molecular flexibility index (Phi) is 7.00. The number of carbonyl (C=O) groups is 1. The predicted octanol–water partition coefficient (Wildman–Crippen LogP) is 4.25. The van der Waals surface area contributed by atoms with E-state index in [1.807, 2.05) is 0 Å².